The van der Waals surface area contributed by atoms with Crippen LogP contribution in [0.2, 0.25) is 5.02 Å². The predicted octanol–water partition coefficient (Wildman–Crippen LogP) is 5.54. The lowest BCUT2D eigenvalue weighted by Gasteiger charge is -2.44. The standard InChI is InChI=1S/C21H24BrClN2O/c1-21(2,3)20(26)24-12-13-25(18-10-8-17(23)9-11-18)19(14-24)15-4-6-16(22)7-5-15/h4-11,19H,12-14H2,1-3H3. The summed E-state index contributed by atoms with van der Waals surface area (Å²) in [6, 6.07) is 16.4. The fourth-order valence-corrected chi connectivity index (χ4v) is 3.74. The van der Waals surface area contributed by atoms with Gasteiger partial charge in [-0.3, -0.25) is 4.79 Å². The molecule has 1 unspecified atom stereocenters. The molecule has 0 aromatic heterocycles. The van der Waals surface area contributed by atoms with Crippen molar-refractivity contribution in [2.75, 3.05) is 24.5 Å². The van der Waals surface area contributed by atoms with Gasteiger partial charge in [-0.05, 0) is 42.0 Å². The summed E-state index contributed by atoms with van der Waals surface area (Å²) in [5.74, 6) is 0.204. The zero-order valence-electron chi connectivity index (χ0n) is 15.4. The number of carbonyl (C=O) groups excluding carboxylic acids is 1. The van der Waals surface area contributed by atoms with E-state index in [1.165, 1.54) is 5.56 Å². The van der Waals surface area contributed by atoms with Gasteiger partial charge in [-0.2, -0.15) is 0 Å². The van der Waals surface area contributed by atoms with Crippen LogP contribution in [-0.4, -0.2) is 30.4 Å². The molecule has 1 saturated heterocycles. The van der Waals surface area contributed by atoms with Crippen molar-refractivity contribution in [1.82, 2.24) is 4.90 Å². The van der Waals surface area contributed by atoms with Crippen molar-refractivity contribution in [1.29, 1.82) is 0 Å². The van der Waals surface area contributed by atoms with E-state index in [0.717, 1.165) is 28.3 Å². The Labute approximate surface area is 169 Å². The monoisotopic (exact) mass is 434 g/mol. The first-order valence-corrected chi connectivity index (χ1v) is 10.00. The Balaban J connectivity index is 1.93. The minimum atomic E-state index is -0.368. The maximum Gasteiger partial charge on any atom is 0.228 e. The molecule has 1 amide bonds. The number of rotatable bonds is 2. The van der Waals surface area contributed by atoms with E-state index < -0.39 is 0 Å². The largest absolute Gasteiger partial charge is 0.361 e. The molecule has 0 aliphatic carbocycles. The van der Waals surface area contributed by atoms with Crippen LogP contribution >= 0.6 is 27.5 Å². The molecule has 1 aliphatic heterocycles. The summed E-state index contributed by atoms with van der Waals surface area (Å²) in [6.07, 6.45) is 0. The van der Waals surface area contributed by atoms with Crippen molar-refractivity contribution in [2.24, 2.45) is 5.41 Å². The second-order valence-corrected chi connectivity index (χ2v) is 9.09. The second-order valence-electron chi connectivity index (χ2n) is 7.74. The lowest BCUT2D eigenvalue weighted by Crippen LogP contribution is -2.53. The second kappa shape index (κ2) is 7.61. The molecule has 0 N–H and O–H groups in total. The summed E-state index contributed by atoms with van der Waals surface area (Å²) >= 11 is 9.57. The fraction of sp³-hybridized carbons (Fsp3) is 0.381. The molecule has 1 fully saturated rings. The van der Waals surface area contributed by atoms with Gasteiger partial charge in [-0.1, -0.05) is 60.4 Å². The molecule has 1 aliphatic rings. The Kier molecular flexibility index (Phi) is 5.64. The quantitative estimate of drug-likeness (QED) is 0.618. The molecule has 0 saturated carbocycles. The van der Waals surface area contributed by atoms with E-state index in [9.17, 15) is 4.79 Å². The molecule has 3 nitrogen and oxygen atoms in total. The Morgan fingerprint density at radius 1 is 1.04 bits per heavy atom. The first-order valence-electron chi connectivity index (χ1n) is 8.83. The van der Waals surface area contributed by atoms with E-state index in [4.69, 9.17) is 11.6 Å². The molecule has 26 heavy (non-hydrogen) atoms. The van der Waals surface area contributed by atoms with E-state index in [1.54, 1.807) is 0 Å². The number of anilines is 1. The first kappa shape index (κ1) is 19.2. The number of hydrogen-bond acceptors (Lipinski definition) is 2. The van der Waals surface area contributed by atoms with Crippen molar-refractivity contribution in [2.45, 2.75) is 26.8 Å². The number of nitrogens with zero attached hydrogens (tertiary/aromatic N) is 2. The van der Waals surface area contributed by atoms with Gasteiger partial charge in [0.05, 0.1) is 6.04 Å². The average molecular weight is 436 g/mol. The van der Waals surface area contributed by atoms with Crippen molar-refractivity contribution in [3.8, 4) is 0 Å². The van der Waals surface area contributed by atoms with Gasteiger partial charge >= 0.3 is 0 Å². The highest BCUT2D eigenvalue weighted by atomic mass is 79.9. The zero-order chi connectivity index (χ0) is 18.9. The van der Waals surface area contributed by atoms with Crippen LogP contribution in [0.5, 0.6) is 0 Å². The molecule has 138 valence electrons. The Morgan fingerprint density at radius 2 is 1.65 bits per heavy atom. The topological polar surface area (TPSA) is 23.6 Å². The number of hydrogen-bond donors (Lipinski definition) is 0. The molecule has 5 heteroatoms. The number of piperazine rings is 1. The minimum absolute atomic E-state index is 0.115. The van der Waals surface area contributed by atoms with E-state index in [0.29, 0.717) is 6.54 Å². The highest BCUT2D eigenvalue weighted by Crippen LogP contribution is 2.33. The van der Waals surface area contributed by atoms with Crippen LogP contribution in [0.15, 0.2) is 53.0 Å². The molecule has 1 heterocycles. The van der Waals surface area contributed by atoms with E-state index in [-0.39, 0.29) is 17.4 Å². The van der Waals surface area contributed by atoms with Gasteiger partial charge in [0, 0.05) is 40.2 Å². The van der Waals surface area contributed by atoms with Gasteiger partial charge in [0.1, 0.15) is 0 Å². The van der Waals surface area contributed by atoms with E-state index in [2.05, 4.69) is 57.2 Å². The maximum atomic E-state index is 12.8. The molecular formula is C21H24BrClN2O. The molecule has 3 rings (SSSR count). The van der Waals surface area contributed by atoms with Crippen LogP contribution in [-0.2, 0) is 4.79 Å². The van der Waals surface area contributed by atoms with Crippen LogP contribution in [0.3, 0.4) is 0 Å². The van der Waals surface area contributed by atoms with Crippen LogP contribution < -0.4 is 4.90 Å². The normalized spacial score (nSPS) is 18.1. The summed E-state index contributed by atoms with van der Waals surface area (Å²) in [5.41, 5.74) is 1.96. The third-order valence-corrected chi connectivity index (χ3v) is 5.50. The summed E-state index contributed by atoms with van der Waals surface area (Å²) < 4.78 is 1.05. The molecular weight excluding hydrogens is 412 g/mol. The van der Waals surface area contributed by atoms with Crippen molar-refractivity contribution in [3.63, 3.8) is 0 Å². The highest BCUT2D eigenvalue weighted by molar-refractivity contribution is 9.10. The summed E-state index contributed by atoms with van der Waals surface area (Å²) in [5, 5.41) is 0.732. The van der Waals surface area contributed by atoms with Crippen molar-refractivity contribution in [3.05, 3.63) is 63.6 Å². The summed E-state index contributed by atoms with van der Waals surface area (Å²) in [4.78, 5) is 17.2. The molecule has 1 atom stereocenters. The minimum Gasteiger partial charge on any atom is -0.361 e. The number of carbonyl (C=O) groups is 1. The number of halogens is 2. The van der Waals surface area contributed by atoms with Crippen LogP contribution in [0.25, 0.3) is 0 Å². The first-order chi connectivity index (χ1) is 12.3. The van der Waals surface area contributed by atoms with Crippen LogP contribution in [0.4, 0.5) is 5.69 Å². The average Bonchev–Trinajstić information content (AvgIpc) is 2.61. The van der Waals surface area contributed by atoms with Gasteiger partial charge in [-0.25, -0.2) is 0 Å². The zero-order valence-corrected chi connectivity index (χ0v) is 17.7. The van der Waals surface area contributed by atoms with Gasteiger partial charge in [0.25, 0.3) is 0 Å². The van der Waals surface area contributed by atoms with Crippen LogP contribution in [0.1, 0.15) is 32.4 Å². The Hall–Kier alpha value is -1.52. The molecule has 0 bridgehead atoms. The smallest absolute Gasteiger partial charge is 0.228 e. The van der Waals surface area contributed by atoms with E-state index >= 15 is 0 Å². The lowest BCUT2D eigenvalue weighted by molar-refractivity contribution is -0.140. The van der Waals surface area contributed by atoms with E-state index in [1.807, 2.05) is 37.8 Å². The number of amides is 1. The van der Waals surface area contributed by atoms with Gasteiger partial charge in [0.15, 0.2) is 0 Å². The lowest BCUT2D eigenvalue weighted by atomic mass is 9.93. The van der Waals surface area contributed by atoms with Gasteiger partial charge in [-0.15, -0.1) is 0 Å². The maximum absolute atomic E-state index is 12.8. The molecule has 0 spiro atoms. The molecule has 0 radical (unpaired) electrons. The number of benzene rings is 2. The third kappa shape index (κ3) is 4.24. The van der Waals surface area contributed by atoms with Crippen molar-refractivity contribution >= 4 is 39.1 Å². The third-order valence-electron chi connectivity index (χ3n) is 4.72. The Bertz CT molecular complexity index is 768. The molecule has 2 aromatic carbocycles. The Morgan fingerprint density at radius 3 is 2.23 bits per heavy atom. The van der Waals surface area contributed by atoms with Crippen LogP contribution in [0, 0.1) is 5.41 Å². The van der Waals surface area contributed by atoms with Gasteiger partial charge < -0.3 is 9.80 Å². The van der Waals surface area contributed by atoms with Gasteiger partial charge in [0.2, 0.25) is 5.91 Å². The SMILES string of the molecule is CC(C)(C)C(=O)N1CCN(c2ccc(Cl)cc2)C(c2ccc(Br)cc2)C1. The fourth-order valence-electron chi connectivity index (χ4n) is 3.35. The van der Waals surface area contributed by atoms with Crippen molar-refractivity contribution < 1.29 is 4.79 Å². The predicted molar refractivity (Wildman–Crippen MR) is 112 cm³/mol. The summed E-state index contributed by atoms with van der Waals surface area (Å²) in [7, 11) is 0. The highest BCUT2D eigenvalue weighted by Gasteiger charge is 2.35. The summed E-state index contributed by atoms with van der Waals surface area (Å²) in [6.45, 7) is 8.15. The molecule has 2 aromatic rings.